The Morgan fingerprint density at radius 3 is 2.61 bits per heavy atom. The lowest BCUT2D eigenvalue weighted by Gasteiger charge is -2.24. The number of hydrogen-bond donors (Lipinski definition) is 1. The van der Waals surface area contributed by atoms with Crippen LogP contribution in [0.1, 0.15) is 19.8 Å². The first-order valence-electron chi connectivity index (χ1n) is 5.83. The molecule has 1 aliphatic rings. The molecule has 0 saturated carbocycles. The summed E-state index contributed by atoms with van der Waals surface area (Å²) < 4.78 is 25.9. The predicted octanol–water partition coefficient (Wildman–Crippen LogP) is -0.455. The van der Waals surface area contributed by atoms with Gasteiger partial charge in [-0.05, 0) is 12.8 Å². The lowest BCUT2D eigenvalue weighted by Crippen LogP contribution is -2.46. The Kier molecular flexibility index (Phi) is 5.06. The van der Waals surface area contributed by atoms with Gasteiger partial charge in [-0.3, -0.25) is 4.79 Å². The minimum absolute atomic E-state index is 0.0393. The SMILES string of the molecule is CCC(C(N)=S)S(=O)(=O)N1CCCN(C)C(=O)C1. The molecule has 1 atom stereocenters. The van der Waals surface area contributed by atoms with Gasteiger partial charge in [-0.15, -0.1) is 0 Å². The lowest BCUT2D eigenvalue weighted by atomic mass is 10.3. The summed E-state index contributed by atoms with van der Waals surface area (Å²) in [4.78, 5) is 13.2. The van der Waals surface area contributed by atoms with Gasteiger partial charge in [0.1, 0.15) is 5.25 Å². The topological polar surface area (TPSA) is 83.7 Å². The first-order chi connectivity index (χ1) is 8.30. The molecule has 1 saturated heterocycles. The molecule has 1 amide bonds. The van der Waals surface area contributed by atoms with E-state index in [-0.39, 0.29) is 17.4 Å². The number of likely N-dealkylation sites (N-methyl/N-ethyl adjacent to an activating group) is 1. The first-order valence-corrected chi connectivity index (χ1v) is 7.74. The third-order valence-electron chi connectivity index (χ3n) is 3.05. The van der Waals surface area contributed by atoms with Gasteiger partial charge in [0.15, 0.2) is 0 Å². The third-order valence-corrected chi connectivity index (χ3v) is 5.82. The first kappa shape index (κ1) is 15.3. The van der Waals surface area contributed by atoms with Gasteiger partial charge in [0.05, 0.1) is 11.5 Å². The number of hydrogen-bond acceptors (Lipinski definition) is 4. The normalized spacial score (nSPS) is 20.6. The fourth-order valence-corrected chi connectivity index (χ4v) is 4.20. The summed E-state index contributed by atoms with van der Waals surface area (Å²) in [6.45, 7) is 2.48. The smallest absolute Gasteiger partial charge is 0.237 e. The van der Waals surface area contributed by atoms with Gasteiger partial charge in [-0.25, -0.2) is 8.42 Å². The van der Waals surface area contributed by atoms with Crippen LogP contribution in [-0.2, 0) is 14.8 Å². The summed E-state index contributed by atoms with van der Waals surface area (Å²) >= 11 is 4.80. The molecule has 0 radical (unpaired) electrons. The largest absolute Gasteiger partial charge is 0.392 e. The number of nitrogens with zero attached hydrogens (tertiary/aromatic N) is 2. The number of nitrogens with two attached hydrogens (primary N) is 1. The van der Waals surface area contributed by atoms with Crippen LogP contribution in [0.2, 0.25) is 0 Å². The van der Waals surface area contributed by atoms with E-state index in [9.17, 15) is 13.2 Å². The second-order valence-corrected chi connectivity index (χ2v) is 6.93. The van der Waals surface area contributed by atoms with Crippen LogP contribution >= 0.6 is 12.2 Å². The van der Waals surface area contributed by atoms with Gasteiger partial charge in [0.25, 0.3) is 0 Å². The minimum Gasteiger partial charge on any atom is -0.392 e. The van der Waals surface area contributed by atoms with E-state index >= 15 is 0 Å². The van der Waals surface area contributed by atoms with E-state index in [0.717, 1.165) is 0 Å². The van der Waals surface area contributed by atoms with Crippen LogP contribution in [0.25, 0.3) is 0 Å². The monoisotopic (exact) mass is 293 g/mol. The van der Waals surface area contributed by atoms with E-state index in [1.165, 1.54) is 9.21 Å². The maximum atomic E-state index is 12.4. The quantitative estimate of drug-likeness (QED) is 0.710. The Labute approximate surface area is 113 Å². The molecule has 1 unspecified atom stereocenters. The second-order valence-electron chi connectivity index (χ2n) is 4.35. The van der Waals surface area contributed by atoms with Crippen LogP contribution in [0.5, 0.6) is 0 Å². The second kappa shape index (κ2) is 5.94. The molecular weight excluding hydrogens is 274 g/mol. The molecule has 104 valence electrons. The van der Waals surface area contributed by atoms with Gasteiger partial charge < -0.3 is 10.6 Å². The summed E-state index contributed by atoms with van der Waals surface area (Å²) in [7, 11) is -1.96. The molecule has 6 nitrogen and oxygen atoms in total. The van der Waals surface area contributed by atoms with E-state index in [4.69, 9.17) is 18.0 Å². The van der Waals surface area contributed by atoms with Gasteiger partial charge in [0, 0.05) is 20.1 Å². The number of sulfonamides is 1. The zero-order valence-electron chi connectivity index (χ0n) is 10.6. The number of carbonyl (C=O) groups is 1. The molecule has 0 aromatic carbocycles. The molecule has 0 aliphatic carbocycles. The molecule has 1 fully saturated rings. The molecule has 1 aliphatic heterocycles. The number of thiocarbonyl (C=S) groups is 1. The van der Waals surface area contributed by atoms with Crippen LogP contribution in [-0.4, -0.2) is 60.5 Å². The minimum atomic E-state index is -3.63. The highest BCUT2D eigenvalue weighted by atomic mass is 32.2. The molecule has 1 heterocycles. The molecule has 0 spiro atoms. The summed E-state index contributed by atoms with van der Waals surface area (Å²) in [5.74, 6) is -0.200. The van der Waals surface area contributed by atoms with Crippen LogP contribution in [0.3, 0.4) is 0 Å². The van der Waals surface area contributed by atoms with Gasteiger partial charge in [-0.2, -0.15) is 4.31 Å². The van der Waals surface area contributed by atoms with Crippen molar-refractivity contribution < 1.29 is 13.2 Å². The summed E-state index contributed by atoms with van der Waals surface area (Å²) in [5, 5.41) is -0.885. The Balaban J connectivity index is 2.97. The van der Waals surface area contributed by atoms with Gasteiger partial charge >= 0.3 is 0 Å². The average molecular weight is 293 g/mol. The van der Waals surface area contributed by atoms with Crippen LogP contribution in [0, 0.1) is 0 Å². The van der Waals surface area contributed by atoms with Gasteiger partial charge in [-0.1, -0.05) is 19.1 Å². The molecule has 1 rings (SSSR count). The maximum absolute atomic E-state index is 12.4. The molecule has 8 heteroatoms. The van der Waals surface area contributed by atoms with Crippen molar-refractivity contribution in [2.24, 2.45) is 5.73 Å². The molecule has 0 bridgehead atoms. The highest BCUT2D eigenvalue weighted by Gasteiger charge is 2.35. The Hall–Kier alpha value is -0.730. The van der Waals surface area contributed by atoms with Crippen molar-refractivity contribution in [2.45, 2.75) is 25.0 Å². The van der Waals surface area contributed by atoms with Crippen molar-refractivity contribution in [3.63, 3.8) is 0 Å². The average Bonchev–Trinajstić information content (AvgIpc) is 2.42. The van der Waals surface area contributed by atoms with Crippen molar-refractivity contribution in [1.29, 1.82) is 0 Å². The van der Waals surface area contributed by atoms with Crippen LogP contribution in [0.4, 0.5) is 0 Å². The highest BCUT2D eigenvalue weighted by molar-refractivity contribution is 7.92. The van der Waals surface area contributed by atoms with Gasteiger partial charge in [0.2, 0.25) is 15.9 Å². The molecule has 2 N–H and O–H groups in total. The number of amides is 1. The van der Waals surface area contributed by atoms with Crippen LogP contribution < -0.4 is 5.73 Å². The summed E-state index contributed by atoms with van der Waals surface area (Å²) in [6.07, 6.45) is 0.938. The van der Waals surface area contributed by atoms with E-state index in [1.807, 2.05) is 0 Å². The summed E-state index contributed by atoms with van der Waals surface area (Å²) in [5.41, 5.74) is 5.47. The van der Waals surface area contributed by atoms with Crippen LogP contribution in [0.15, 0.2) is 0 Å². The Bertz CT molecular complexity index is 436. The molecule has 0 aromatic rings. The fourth-order valence-electron chi connectivity index (χ4n) is 1.92. The predicted molar refractivity (Wildman–Crippen MR) is 73.6 cm³/mol. The van der Waals surface area contributed by atoms with Crippen molar-refractivity contribution in [1.82, 2.24) is 9.21 Å². The van der Waals surface area contributed by atoms with E-state index in [2.05, 4.69) is 0 Å². The number of rotatable bonds is 4. The molecule has 18 heavy (non-hydrogen) atoms. The lowest BCUT2D eigenvalue weighted by molar-refractivity contribution is -0.129. The fraction of sp³-hybridized carbons (Fsp3) is 0.800. The van der Waals surface area contributed by atoms with Crippen molar-refractivity contribution in [3.05, 3.63) is 0 Å². The van der Waals surface area contributed by atoms with Crippen molar-refractivity contribution in [3.8, 4) is 0 Å². The number of carbonyl (C=O) groups excluding carboxylic acids is 1. The molecule has 0 aromatic heterocycles. The third kappa shape index (κ3) is 3.18. The Morgan fingerprint density at radius 1 is 1.50 bits per heavy atom. The Morgan fingerprint density at radius 2 is 2.11 bits per heavy atom. The van der Waals surface area contributed by atoms with E-state index < -0.39 is 15.3 Å². The highest BCUT2D eigenvalue weighted by Crippen LogP contribution is 2.16. The van der Waals surface area contributed by atoms with E-state index in [0.29, 0.717) is 25.9 Å². The van der Waals surface area contributed by atoms with E-state index in [1.54, 1.807) is 14.0 Å². The molecular formula is C10H19N3O3S2. The van der Waals surface area contributed by atoms with Crippen molar-refractivity contribution in [2.75, 3.05) is 26.7 Å². The van der Waals surface area contributed by atoms with Crippen molar-refractivity contribution >= 4 is 33.1 Å². The summed E-state index contributed by atoms with van der Waals surface area (Å²) in [6, 6.07) is 0. The zero-order valence-corrected chi connectivity index (χ0v) is 12.3. The maximum Gasteiger partial charge on any atom is 0.237 e. The standard InChI is InChI=1S/C10H19N3O3S2/c1-3-8(10(11)17)18(15,16)13-6-4-5-12(2)9(14)7-13/h8H,3-7H2,1-2H3,(H2,11,17). The zero-order chi connectivity index (χ0) is 13.9.